The number of carbonyl (C=O) groups is 1. The lowest BCUT2D eigenvalue weighted by atomic mass is 10.1. The van der Waals surface area contributed by atoms with E-state index in [2.05, 4.69) is 41.5 Å². The van der Waals surface area contributed by atoms with Crippen molar-refractivity contribution in [3.05, 3.63) is 94.4 Å². The van der Waals surface area contributed by atoms with Gasteiger partial charge in [0, 0.05) is 0 Å². The summed E-state index contributed by atoms with van der Waals surface area (Å²) in [5.74, 6) is 1.39. The molecular formula is C25H22N2O3S. The third-order valence-corrected chi connectivity index (χ3v) is 5.57. The maximum atomic E-state index is 12.3. The minimum Gasteiger partial charge on any atom is -0.497 e. The van der Waals surface area contributed by atoms with Crippen LogP contribution in [0.25, 0.3) is 6.08 Å². The molecule has 1 saturated heterocycles. The first-order chi connectivity index (χ1) is 15.1. The Kier molecular flexibility index (Phi) is 6.38. The molecule has 1 amide bonds. The average Bonchev–Trinajstić information content (AvgIpc) is 3.13. The SMILES string of the molecule is COc1ccc(N=C2NC(=O)C(=Cc3ccc(OCc4ccc(C)cc4)cc3)S2)cc1. The van der Waals surface area contributed by atoms with Gasteiger partial charge in [0.2, 0.25) is 0 Å². The lowest BCUT2D eigenvalue weighted by Gasteiger charge is -2.07. The Morgan fingerprint density at radius 1 is 0.935 bits per heavy atom. The smallest absolute Gasteiger partial charge is 0.264 e. The van der Waals surface area contributed by atoms with Crippen molar-refractivity contribution in [2.75, 3.05) is 7.11 Å². The third-order valence-electron chi connectivity index (χ3n) is 4.66. The van der Waals surface area contributed by atoms with Gasteiger partial charge in [-0.3, -0.25) is 4.79 Å². The number of rotatable bonds is 6. The number of amidine groups is 1. The van der Waals surface area contributed by atoms with Crippen molar-refractivity contribution < 1.29 is 14.3 Å². The van der Waals surface area contributed by atoms with E-state index in [9.17, 15) is 4.79 Å². The Labute approximate surface area is 185 Å². The third kappa shape index (κ3) is 5.55. The molecule has 31 heavy (non-hydrogen) atoms. The summed E-state index contributed by atoms with van der Waals surface area (Å²) in [4.78, 5) is 17.4. The Balaban J connectivity index is 1.39. The van der Waals surface area contributed by atoms with Gasteiger partial charge in [-0.25, -0.2) is 4.99 Å². The second-order valence-electron chi connectivity index (χ2n) is 7.02. The van der Waals surface area contributed by atoms with Gasteiger partial charge in [-0.15, -0.1) is 0 Å². The van der Waals surface area contributed by atoms with Crippen LogP contribution < -0.4 is 14.8 Å². The van der Waals surface area contributed by atoms with Crippen LogP contribution in [0.15, 0.2) is 82.7 Å². The van der Waals surface area contributed by atoms with Gasteiger partial charge in [0.1, 0.15) is 18.1 Å². The fraction of sp³-hybridized carbons (Fsp3) is 0.120. The zero-order valence-electron chi connectivity index (χ0n) is 17.3. The molecule has 6 heteroatoms. The van der Waals surface area contributed by atoms with Crippen LogP contribution in [0.1, 0.15) is 16.7 Å². The number of carbonyl (C=O) groups excluding carboxylic acids is 1. The summed E-state index contributed by atoms with van der Waals surface area (Å²) >= 11 is 1.32. The topological polar surface area (TPSA) is 59.9 Å². The molecule has 1 aliphatic rings. The molecule has 0 aliphatic carbocycles. The van der Waals surface area contributed by atoms with Crippen molar-refractivity contribution in [2.45, 2.75) is 13.5 Å². The molecule has 0 radical (unpaired) electrons. The number of nitrogens with zero attached hydrogens (tertiary/aromatic N) is 1. The van der Waals surface area contributed by atoms with Crippen LogP contribution in [-0.2, 0) is 11.4 Å². The minimum atomic E-state index is -0.156. The number of aliphatic imine (C=N–C) groups is 1. The summed E-state index contributed by atoms with van der Waals surface area (Å²) in [7, 11) is 1.62. The molecule has 0 unspecified atom stereocenters. The fourth-order valence-electron chi connectivity index (χ4n) is 2.92. The molecule has 3 aromatic rings. The molecule has 0 bridgehead atoms. The van der Waals surface area contributed by atoms with E-state index in [1.807, 2.05) is 54.6 Å². The summed E-state index contributed by atoms with van der Waals surface area (Å²) in [5.41, 5.74) is 4.03. The maximum absolute atomic E-state index is 12.3. The van der Waals surface area contributed by atoms with E-state index in [1.54, 1.807) is 7.11 Å². The number of benzene rings is 3. The second kappa shape index (κ2) is 9.53. The summed E-state index contributed by atoms with van der Waals surface area (Å²) in [6.45, 7) is 2.58. The van der Waals surface area contributed by atoms with Crippen molar-refractivity contribution in [1.82, 2.24) is 5.32 Å². The van der Waals surface area contributed by atoms with Crippen LogP contribution in [-0.4, -0.2) is 18.2 Å². The predicted molar refractivity (Wildman–Crippen MR) is 126 cm³/mol. The Morgan fingerprint density at radius 2 is 1.61 bits per heavy atom. The first kappa shape index (κ1) is 20.8. The van der Waals surface area contributed by atoms with Crippen molar-refractivity contribution in [3.63, 3.8) is 0 Å². The van der Waals surface area contributed by atoms with E-state index in [4.69, 9.17) is 9.47 Å². The number of hydrogen-bond donors (Lipinski definition) is 1. The van der Waals surface area contributed by atoms with Crippen LogP contribution in [0.5, 0.6) is 11.5 Å². The van der Waals surface area contributed by atoms with Crippen molar-refractivity contribution in [2.24, 2.45) is 4.99 Å². The monoisotopic (exact) mass is 430 g/mol. The van der Waals surface area contributed by atoms with Gasteiger partial charge >= 0.3 is 0 Å². The molecule has 1 aliphatic heterocycles. The zero-order chi connectivity index (χ0) is 21.6. The van der Waals surface area contributed by atoms with E-state index in [-0.39, 0.29) is 5.91 Å². The van der Waals surface area contributed by atoms with Gasteiger partial charge in [0.15, 0.2) is 5.17 Å². The molecule has 1 fully saturated rings. The quantitative estimate of drug-likeness (QED) is 0.527. The number of nitrogens with one attached hydrogen (secondary N) is 1. The first-order valence-corrected chi connectivity index (χ1v) is 10.6. The molecule has 3 aromatic carbocycles. The Morgan fingerprint density at radius 3 is 2.29 bits per heavy atom. The molecule has 0 spiro atoms. The maximum Gasteiger partial charge on any atom is 0.264 e. The van der Waals surface area contributed by atoms with Gasteiger partial charge in [0.05, 0.1) is 17.7 Å². The molecule has 0 atom stereocenters. The number of thioether (sulfide) groups is 1. The van der Waals surface area contributed by atoms with Crippen LogP contribution in [0.3, 0.4) is 0 Å². The van der Waals surface area contributed by atoms with Crippen molar-refractivity contribution >= 4 is 34.6 Å². The highest BCUT2D eigenvalue weighted by molar-refractivity contribution is 8.18. The highest BCUT2D eigenvalue weighted by atomic mass is 32.2. The standard InChI is InChI=1S/C25H22N2O3S/c1-17-3-5-19(6-4-17)16-30-22-11-7-18(8-12-22)15-23-24(28)27-25(31-23)26-20-9-13-21(29-2)14-10-20/h3-15H,16H2,1-2H3,(H,26,27,28). The lowest BCUT2D eigenvalue weighted by Crippen LogP contribution is -2.19. The second-order valence-corrected chi connectivity index (χ2v) is 8.05. The number of ether oxygens (including phenoxy) is 2. The molecule has 0 aromatic heterocycles. The molecular weight excluding hydrogens is 408 g/mol. The van der Waals surface area contributed by atoms with Crippen molar-refractivity contribution in [1.29, 1.82) is 0 Å². The first-order valence-electron chi connectivity index (χ1n) is 9.81. The summed E-state index contributed by atoms with van der Waals surface area (Å²) in [6, 6.07) is 23.3. The molecule has 5 nitrogen and oxygen atoms in total. The van der Waals surface area contributed by atoms with E-state index >= 15 is 0 Å². The number of aryl methyl sites for hydroxylation is 1. The minimum absolute atomic E-state index is 0.156. The summed E-state index contributed by atoms with van der Waals surface area (Å²) in [6.07, 6.45) is 1.85. The molecule has 0 saturated carbocycles. The average molecular weight is 431 g/mol. The van der Waals surface area contributed by atoms with E-state index < -0.39 is 0 Å². The van der Waals surface area contributed by atoms with Crippen LogP contribution in [0.4, 0.5) is 5.69 Å². The largest absolute Gasteiger partial charge is 0.497 e. The molecule has 156 valence electrons. The van der Waals surface area contributed by atoms with Crippen LogP contribution >= 0.6 is 11.8 Å². The highest BCUT2D eigenvalue weighted by Gasteiger charge is 2.23. The Hall–Kier alpha value is -3.51. The van der Waals surface area contributed by atoms with Crippen LogP contribution in [0, 0.1) is 6.92 Å². The van der Waals surface area contributed by atoms with E-state index in [0.29, 0.717) is 16.7 Å². The number of hydrogen-bond acceptors (Lipinski definition) is 5. The fourth-order valence-corrected chi connectivity index (χ4v) is 3.76. The molecule has 4 rings (SSSR count). The van der Waals surface area contributed by atoms with Gasteiger partial charge in [-0.2, -0.15) is 0 Å². The highest BCUT2D eigenvalue weighted by Crippen LogP contribution is 2.29. The van der Waals surface area contributed by atoms with Gasteiger partial charge in [-0.1, -0.05) is 42.0 Å². The van der Waals surface area contributed by atoms with Crippen molar-refractivity contribution in [3.8, 4) is 11.5 Å². The van der Waals surface area contributed by atoms with Gasteiger partial charge in [-0.05, 0) is 72.3 Å². The van der Waals surface area contributed by atoms with E-state index in [1.165, 1.54) is 17.3 Å². The van der Waals surface area contributed by atoms with Gasteiger partial charge in [0.25, 0.3) is 5.91 Å². The molecule has 1 heterocycles. The predicted octanol–water partition coefficient (Wildman–Crippen LogP) is 5.47. The Bertz CT molecular complexity index is 1120. The lowest BCUT2D eigenvalue weighted by molar-refractivity contribution is -0.115. The van der Waals surface area contributed by atoms with Crippen LogP contribution in [0.2, 0.25) is 0 Å². The van der Waals surface area contributed by atoms with Gasteiger partial charge < -0.3 is 14.8 Å². The number of methoxy groups -OCH3 is 1. The summed E-state index contributed by atoms with van der Waals surface area (Å²) in [5, 5.41) is 3.36. The van der Waals surface area contributed by atoms with E-state index in [0.717, 1.165) is 28.3 Å². The normalized spacial score (nSPS) is 15.9. The summed E-state index contributed by atoms with van der Waals surface area (Å²) < 4.78 is 11.0. The number of amides is 1. The molecule has 1 N–H and O–H groups in total. The zero-order valence-corrected chi connectivity index (χ0v) is 18.1.